The molecular formula is C16H31NO2. The summed E-state index contributed by atoms with van der Waals surface area (Å²) >= 11 is 0. The Morgan fingerprint density at radius 1 is 1.16 bits per heavy atom. The Labute approximate surface area is 118 Å². The molecule has 1 aliphatic heterocycles. The molecular weight excluding hydrogens is 238 g/mol. The van der Waals surface area contributed by atoms with Gasteiger partial charge in [0.2, 0.25) is 0 Å². The lowest BCUT2D eigenvalue weighted by Crippen LogP contribution is -2.44. The number of nitrogens with zero attached hydrogens (tertiary/aromatic N) is 1. The molecule has 0 bridgehead atoms. The summed E-state index contributed by atoms with van der Waals surface area (Å²) in [5.74, 6) is 0.970. The summed E-state index contributed by atoms with van der Waals surface area (Å²) < 4.78 is 5.50. The van der Waals surface area contributed by atoms with E-state index >= 15 is 0 Å². The Kier molecular flexibility index (Phi) is 5.84. The SMILES string of the molecule is CC.CN1CCC(C(=O)OC(C)(C)C)CC1C1CC1. The van der Waals surface area contributed by atoms with Crippen LogP contribution in [-0.2, 0) is 9.53 Å². The predicted octanol–water partition coefficient (Wildman–Crippen LogP) is 3.47. The van der Waals surface area contributed by atoms with E-state index in [-0.39, 0.29) is 17.5 Å². The van der Waals surface area contributed by atoms with Crippen molar-refractivity contribution in [3.63, 3.8) is 0 Å². The summed E-state index contributed by atoms with van der Waals surface area (Å²) in [5, 5.41) is 0. The van der Waals surface area contributed by atoms with Crippen molar-refractivity contribution in [2.24, 2.45) is 11.8 Å². The van der Waals surface area contributed by atoms with Crippen LogP contribution >= 0.6 is 0 Å². The third-order valence-corrected chi connectivity index (χ3v) is 3.83. The Bertz CT molecular complexity index is 292. The van der Waals surface area contributed by atoms with Crippen LogP contribution in [0.3, 0.4) is 0 Å². The molecule has 0 aromatic rings. The summed E-state index contributed by atoms with van der Waals surface area (Å²) in [7, 11) is 2.19. The summed E-state index contributed by atoms with van der Waals surface area (Å²) in [5.41, 5.74) is -0.352. The standard InChI is InChI=1S/C14H25NO2.C2H6/c1-14(2,3)17-13(16)11-7-8-15(4)12(9-11)10-5-6-10;1-2/h10-12H,5-9H2,1-4H3;1-2H3. The molecule has 1 saturated heterocycles. The van der Waals surface area contributed by atoms with Crippen molar-refractivity contribution in [3.8, 4) is 0 Å². The van der Waals surface area contributed by atoms with Gasteiger partial charge in [-0.25, -0.2) is 0 Å². The predicted molar refractivity (Wildman–Crippen MR) is 79.1 cm³/mol. The van der Waals surface area contributed by atoms with E-state index in [1.54, 1.807) is 0 Å². The van der Waals surface area contributed by atoms with Crippen molar-refractivity contribution < 1.29 is 9.53 Å². The molecule has 2 atom stereocenters. The zero-order valence-corrected chi connectivity index (χ0v) is 13.5. The first-order valence-corrected chi connectivity index (χ1v) is 7.80. The molecule has 112 valence electrons. The second kappa shape index (κ2) is 6.74. The van der Waals surface area contributed by atoms with Gasteiger partial charge in [-0.2, -0.15) is 0 Å². The van der Waals surface area contributed by atoms with Crippen LogP contribution in [0.1, 0.15) is 60.3 Å². The second-order valence-corrected chi connectivity index (χ2v) is 6.64. The monoisotopic (exact) mass is 269 g/mol. The van der Waals surface area contributed by atoms with Gasteiger partial charge in [0.1, 0.15) is 5.60 Å². The quantitative estimate of drug-likeness (QED) is 0.719. The van der Waals surface area contributed by atoms with Crippen LogP contribution in [-0.4, -0.2) is 36.1 Å². The number of hydrogen-bond acceptors (Lipinski definition) is 3. The van der Waals surface area contributed by atoms with E-state index < -0.39 is 0 Å². The zero-order valence-electron chi connectivity index (χ0n) is 13.5. The third-order valence-electron chi connectivity index (χ3n) is 3.83. The number of hydrogen-bond donors (Lipinski definition) is 0. The topological polar surface area (TPSA) is 29.5 Å². The second-order valence-electron chi connectivity index (χ2n) is 6.64. The molecule has 3 nitrogen and oxygen atoms in total. The average molecular weight is 269 g/mol. The number of ether oxygens (including phenoxy) is 1. The van der Waals surface area contributed by atoms with Crippen LogP contribution in [0.15, 0.2) is 0 Å². The normalized spacial score (nSPS) is 28.3. The maximum Gasteiger partial charge on any atom is 0.309 e. The van der Waals surface area contributed by atoms with Crippen molar-refractivity contribution in [3.05, 3.63) is 0 Å². The molecule has 2 fully saturated rings. The molecule has 0 N–H and O–H groups in total. The Hall–Kier alpha value is -0.570. The van der Waals surface area contributed by atoms with Crippen molar-refractivity contribution in [2.45, 2.75) is 71.9 Å². The molecule has 2 unspecified atom stereocenters. The van der Waals surface area contributed by atoms with Gasteiger partial charge in [-0.1, -0.05) is 13.8 Å². The molecule has 3 heteroatoms. The largest absolute Gasteiger partial charge is 0.460 e. The number of piperidine rings is 1. The zero-order chi connectivity index (χ0) is 14.6. The maximum atomic E-state index is 12.1. The van der Waals surface area contributed by atoms with E-state index in [4.69, 9.17) is 4.74 Å². The highest BCUT2D eigenvalue weighted by molar-refractivity contribution is 5.73. The van der Waals surface area contributed by atoms with Gasteiger partial charge >= 0.3 is 5.97 Å². The van der Waals surface area contributed by atoms with Crippen LogP contribution in [0.2, 0.25) is 0 Å². The lowest BCUT2D eigenvalue weighted by atomic mass is 9.88. The first kappa shape index (κ1) is 16.5. The highest BCUT2D eigenvalue weighted by Gasteiger charge is 2.40. The highest BCUT2D eigenvalue weighted by atomic mass is 16.6. The van der Waals surface area contributed by atoms with Gasteiger partial charge < -0.3 is 9.64 Å². The van der Waals surface area contributed by atoms with Crippen LogP contribution in [0.25, 0.3) is 0 Å². The highest BCUT2D eigenvalue weighted by Crippen LogP contribution is 2.40. The number of esters is 1. The molecule has 2 aliphatic rings. The molecule has 1 aliphatic carbocycles. The van der Waals surface area contributed by atoms with E-state index in [1.165, 1.54) is 12.8 Å². The summed E-state index contributed by atoms with van der Waals surface area (Å²) in [6.45, 7) is 10.9. The van der Waals surface area contributed by atoms with Crippen molar-refractivity contribution in [1.82, 2.24) is 4.90 Å². The minimum absolute atomic E-state index is 0.0104. The minimum atomic E-state index is -0.352. The number of carbonyl (C=O) groups is 1. The number of likely N-dealkylation sites (tertiary alicyclic amines) is 1. The number of carbonyl (C=O) groups excluding carboxylic acids is 1. The third kappa shape index (κ3) is 5.13. The van der Waals surface area contributed by atoms with Crippen molar-refractivity contribution in [2.75, 3.05) is 13.6 Å². The molecule has 1 heterocycles. The minimum Gasteiger partial charge on any atom is -0.460 e. The summed E-state index contributed by atoms with van der Waals surface area (Å²) in [6, 6.07) is 0.612. The number of rotatable bonds is 2. The summed E-state index contributed by atoms with van der Waals surface area (Å²) in [6.07, 6.45) is 4.64. The van der Waals surface area contributed by atoms with Crippen molar-refractivity contribution >= 4 is 5.97 Å². The fourth-order valence-electron chi connectivity index (χ4n) is 2.75. The Morgan fingerprint density at radius 3 is 2.21 bits per heavy atom. The average Bonchev–Trinajstić information content (AvgIpc) is 3.14. The van der Waals surface area contributed by atoms with Gasteiger partial charge in [0.15, 0.2) is 0 Å². The summed E-state index contributed by atoms with van der Waals surface area (Å²) in [4.78, 5) is 14.5. The lowest BCUT2D eigenvalue weighted by Gasteiger charge is -2.37. The first-order chi connectivity index (χ1) is 8.87. The fraction of sp³-hybridized carbons (Fsp3) is 0.938. The van der Waals surface area contributed by atoms with Crippen LogP contribution in [0, 0.1) is 11.8 Å². The first-order valence-electron chi connectivity index (χ1n) is 7.80. The van der Waals surface area contributed by atoms with Crippen LogP contribution < -0.4 is 0 Å². The molecule has 19 heavy (non-hydrogen) atoms. The van der Waals surface area contributed by atoms with E-state index in [1.807, 2.05) is 34.6 Å². The van der Waals surface area contributed by atoms with Crippen LogP contribution in [0.4, 0.5) is 0 Å². The van der Waals surface area contributed by atoms with Gasteiger partial charge in [-0.05, 0) is 66.0 Å². The molecule has 1 saturated carbocycles. The molecule has 0 radical (unpaired) electrons. The van der Waals surface area contributed by atoms with E-state index in [9.17, 15) is 4.79 Å². The van der Waals surface area contributed by atoms with E-state index in [2.05, 4.69) is 11.9 Å². The molecule has 0 spiro atoms. The van der Waals surface area contributed by atoms with Gasteiger partial charge in [-0.3, -0.25) is 4.79 Å². The van der Waals surface area contributed by atoms with Crippen LogP contribution in [0.5, 0.6) is 0 Å². The fourth-order valence-corrected chi connectivity index (χ4v) is 2.75. The van der Waals surface area contributed by atoms with Gasteiger partial charge in [0.25, 0.3) is 0 Å². The van der Waals surface area contributed by atoms with Crippen molar-refractivity contribution in [1.29, 1.82) is 0 Å². The van der Waals surface area contributed by atoms with Gasteiger partial charge in [-0.15, -0.1) is 0 Å². The van der Waals surface area contributed by atoms with Gasteiger partial charge in [0.05, 0.1) is 5.92 Å². The van der Waals surface area contributed by atoms with E-state index in [0.717, 1.165) is 25.3 Å². The lowest BCUT2D eigenvalue weighted by molar-refractivity contribution is -0.162. The smallest absolute Gasteiger partial charge is 0.309 e. The molecule has 0 aromatic heterocycles. The molecule has 2 rings (SSSR count). The molecule has 0 aromatic carbocycles. The molecule has 0 amide bonds. The van der Waals surface area contributed by atoms with E-state index in [0.29, 0.717) is 6.04 Å². The Morgan fingerprint density at radius 2 is 1.74 bits per heavy atom. The maximum absolute atomic E-state index is 12.1. The van der Waals surface area contributed by atoms with Gasteiger partial charge in [0, 0.05) is 6.04 Å². The Balaban J connectivity index is 0.000000861.